The monoisotopic (exact) mass is 368 g/mol. The van der Waals surface area contributed by atoms with Crippen molar-refractivity contribution in [3.63, 3.8) is 0 Å². The zero-order valence-electron chi connectivity index (χ0n) is 15.0. The molecular weight excluding hydrogens is 347 g/mol. The Hall–Kier alpha value is -3.15. The number of halogens is 1. The predicted molar refractivity (Wildman–Crippen MR) is 102 cm³/mol. The minimum absolute atomic E-state index is 0.110. The van der Waals surface area contributed by atoms with E-state index < -0.39 is 6.10 Å². The lowest BCUT2D eigenvalue weighted by atomic mass is 10.1. The largest absolute Gasteiger partial charge is 0.477 e. The van der Waals surface area contributed by atoms with Crippen molar-refractivity contribution in [2.24, 2.45) is 0 Å². The Morgan fingerprint density at radius 1 is 1.26 bits per heavy atom. The van der Waals surface area contributed by atoms with Crippen LogP contribution < -0.4 is 15.0 Å². The van der Waals surface area contributed by atoms with Crippen molar-refractivity contribution < 1.29 is 18.7 Å². The van der Waals surface area contributed by atoms with Crippen LogP contribution in [-0.4, -0.2) is 31.0 Å². The van der Waals surface area contributed by atoms with Crippen LogP contribution in [0.15, 0.2) is 54.6 Å². The summed E-state index contributed by atoms with van der Waals surface area (Å²) in [6, 6.07) is 13.1. The molecule has 1 heterocycles. The van der Waals surface area contributed by atoms with E-state index >= 15 is 0 Å². The van der Waals surface area contributed by atoms with Crippen LogP contribution in [0.4, 0.5) is 10.1 Å². The summed E-state index contributed by atoms with van der Waals surface area (Å²) in [5.41, 5.74) is 1.19. The fourth-order valence-electron chi connectivity index (χ4n) is 2.81. The third kappa shape index (κ3) is 4.53. The number of ether oxygens (including phenoxy) is 1. The van der Waals surface area contributed by atoms with Gasteiger partial charge < -0.3 is 15.0 Å². The van der Waals surface area contributed by atoms with Gasteiger partial charge in [0.2, 0.25) is 0 Å². The number of fused-ring (bicyclic) bond motifs is 1. The molecule has 0 spiro atoms. The van der Waals surface area contributed by atoms with Crippen LogP contribution >= 0.6 is 0 Å². The average molecular weight is 368 g/mol. The van der Waals surface area contributed by atoms with Crippen LogP contribution in [0.5, 0.6) is 5.75 Å². The summed E-state index contributed by atoms with van der Waals surface area (Å²) in [6.45, 7) is 2.62. The van der Waals surface area contributed by atoms with E-state index in [2.05, 4.69) is 5.32 Å². The van der Waals surface area contributed by atoms with Gasteiger partial charge in [-0.15, -0.1) is 0 Å². The van der Waals surface area contributed by atoms with Crippen LogP contribution in [0.2, 0.25) is 0 Å². The molecule has 2 aromatic carbocycles. The molecule has 1 aliphatic rings. The van der Waals surface area contributed by atoms with E-state index in [4.69, 9.17) is 4.74 Å². The van der Waals surface area contributed by atoms with Gasteiger partial charge in [0.05, 0.1) is 12.2 Å². The average Bonchev–Trinajstić information content (AvgIpc) is 2.69. The second-order valence-corrected chi connectivity index (χ2v) is 6.20. The molecule has 0 fully saturated rings. The van der Waals surface area contributed by atoms with Gasteiger partial charge in [-0.25, -0.2) is 4.39 Å². The van der Waals surface area contributed by atoms with Gasteiger partial charge in [-0.3, -0.25) is 9.59 Å². The van der Waals surface area contributed by atoms with E-state index in [1.165, 1.54) is 23.1 Å². The number of carbonyl (C=O) groups is 2. The van der Waals surface area contributed by atoms with Crippen LogP contribution in [0.1, 0.15) is 18.9 Å². The SMILES string of the molecule is CCCNC(=O)[C@H]1CN(C(=O)/C=C/c2cccc(F)c2)c2ccccc2O1. The van der Waals surface area contributed by atoms with Crippen LogP contribution in [0.25, 0.3) is 6.08 Å². The molecule has 1 aliphatic heterocycles. The smallest absolute Gasteiger partial charge is 0.262 e. The maximum Gasteiger partial charge on any atom is 0.262 e. The van der Waals surface area contributed by atoms with Gasteiger partial charge in [0.1, 0.15) is 11.6 Å². The second kappa shape index (κ2) is 8.49. The first-order chi connectivity index (χ1) is 13.1. The number of hydrogen-bond acceptors (Lipinski definition) is 3. The van der Waals surface area contributed by atoms with Crippen molar-refractivity contribution in [1.82, 2.24) is 5.32 Å². The number of hydrogen-bond donors (Lipinski definition) is 1. The lowest BCUT2D eigenvalue weighted by Gasteiger charge is -2.33. The van der Waals surface area contributed by atoms with Crippen molar-refractivity contribution >= 4 is 23.6 Å². The first-order valence-electron chi connectivity index (χ1n) is 8.87. The number of carbonyl (C=O) groups excluding carboxylic acids is 2. The van der Waals surface area contributed by atoms with Crippen molar-refractivity contribution in [2.45, 2.75) is 19.4 Å². The van der Waals surface area contributed by atoms with Crippen LogP contribution in [0.3, 0.4) is 0 Å². The molecule has 6 heteroatoms. The summed E-state index contributed by atoms with van der Waals surface area (Å²) < 4.78 is 19.1. The molecule has 1 N–H and O–H groups in total. The predicted octanol–water partition coefficient (Wildman–Crippen LogP) is 3.16. The molecule has 1 atom stereocenters. The highest BCUT2D eigenvalue weighted by atomic mass is 19.1. The van der Waals surface area contributed by atoms with Crippen molar-refractivity contribution in [1.29, 1.82) is 0 Å². The Bertz CT molecular complexity index is 866. The molecule has 5 nitrogen and oxygen atoms in total. The third-order valence-corrected chi connectivity index (χ3v) is 4.15. The van der Waals surface area contributed by atoms with Gasteiger partial charge in [-0.2, -0.15) is 0 Å². The molecule has 2 amide bonds. The minimum atomic E-state index is -0.780. The van der Waals surface area contributed by atoms with Gasteiger partial charge in [0, 0.05) is 12.6 Å². The van der Waals surface area contributed by atoms with Gasteiger partial charge in [-0.1, -0.05) is 31.2 Å². The molecule has 0 saturated heterocycles. The molecule has 0 radical (unpaired) electrons. The molecule has 0 saturated carbocycles. The van der Waals surface area contributed by atoms with Crippen LogP contribution in [-0.2, 0) is 9.59 Å². The standard InChI is InChI=1S/C21H21FN2O3/c1-2-12-23-21(26)19-14-24(17-8-3-4-9-18(17)27-19)20(25)11-10-15-6-5-7-16(22)13-15/h3-11,13,19H,2,12,14H2,1H3,(H,23,26)/b11-10+/t19-/m1/s1. The molecule has 27 heavy (non-hydrogen) atoms. The minimum Gasteiger partial charge on any atom is -0.477 e. The van der Waals surface area contributed by atoms with Gasteiger partial charge in [0.15, 0.2) is 6.10 Å². The Kier molecular flexibility index (Phi) is 5.86. The van der Waals surface area contributed by atoms with E-state index in [-0.39, 0.29) is 24.2 Å². The molecule has 140 valence electrons. The Balaban J connectivity index is 1.81. The maximum absolute atomic E-state index is 13.3. The van der Waals surface area contributed by atoms with E-state index in [1.54, 1.807) is 42.5 Å². The summed E-state index contributed by atoms with van der Waals surface area (Å²) in [5.74, 6) is -0.441. The molecule has 0 aliphatic carbocycles. The summed E-state index contributed by atoms with van der Waals surface area (Å²) in [5, 5.41) is 2.79. The van der Waals surface area contributed by atoms with Crippen molar-refractivity contribution in [3.8, 4) is 5.75 Å². The number of rotatable bonds is 5. The number of anilines is 1. The molecule has 0 aromatic heterocycles. The summed E-state index contributed by atoms with van der Waals surface area (Å²) in [6.07, 6.45) is 2.96. The number of amides is 2. The number of benzene rings is 2. The van der Waals surface area contributed by atoms with E-state index in [0.717, 1.165) is 6.42 Å². The molecule has 2 aromatic rings. The number of para-hydroxylation sites is 2. The zero-order chi connectivity index (χ0) is 19.2. The molecule has 0 unspecified atom stereocenters. The number of nitrogens with zero attached hydrogens (tertiary/aromatic N) is 1. The van der Waals surface area contributed by atoms with Gasteiger partial charge in [0.25, 0.3) is 11.8 Å². The van der Waals surface area contributed by atoms with Gasteiger partial charge in [-0.05, 0) is 42.3 Å². The summed E-state index contributed by atoms with van der Waals surface area (Å²) in [7, 11) is 0. The zero-order valence-corrected chi connectivity index (χ0v) is 15.0. The topological polar surface area (TPSA) is 58.6 Å². The molecule has 0 bridgehead atoms. The first-order valence-corrected chi connectivity index (χ1v) is 8.87. The lowest BCUT2D eigenvalue weighted by Crippen LogP contribution is -2.50. The lowest BCUT2D eigenvalue weighted by molar-refractivity contribution is -0.128. The fraction of sp³-hybridized carbons (Fsp3) is 0.238. The normalized spacial score (nSPS) is 15.9. The van der Waals surface area contributed by atoms with Gasteiger partial charge >= 0.3 is 0 Å². The summed E-state index contributed by atoms with van der Waals surface area (Å²) in [4.78, 5) is 26.6. The van der Waals surface area contributed by atoms with Crippen LogP contribution in [0, 0.1) is 5.82 Å². The van der Waals surface area contributed by atoms with Crippen molar-refractivity contribution in [3.05, 3.63) is 66.0 Å². The molecular formula is C21H21FN2O3. The molecule has 3 rings (SSSR count). The highest BCUT2D eigenvalue weighted by Crippen LogP contribution is 2.33. The fourth-order valence-corrected chi connectivity index (χ4v) is 2.81. The quantitative estimate of drug-likeness (QED) is 0.825. The highest BCUT2D eigenvalue weighted by Gasteiger charge is 2.32. The first kappa shape index (κ1) is 18.6. The maximum atomic E-state index is 13.3. The summed E-state index contributed by atoms with van der Waals surface area (Å²) >= 11 is 0. The van der Waals surface area contributed by atoms with E-state index in [0.29, 0.717) is 23.5 Å². The highest BCUT2D eigenvalue weighted by molar-refractivity contribution is 6.05. The number of nitrogens with one attached hydrogen (secondary N) is 1. The Morgan fingerprint density at radius 3 is 2.85 bits per heavy atom. The van der Waals surface area contributed by atoms with Crippen molar-refractivity contribution in [2.75, 3.05) is 18.0 Å². The van der Waals surface area contributed by atoms with E-state index in [9.17, 15) is 14.0 Å². The second-order valence-electron chi connectivity index (χ2n) is 6.20. The Labute approximate surface area is 157 Å². The van der Waals surface area contributed by atoms with E-state index in [1.807, 2.05) is 6.92 Å². The third-order valence-electron chi connectivity index (χ3n) is 4.15. The Morgan fingerprint density at radius 2 is 2.07 bits per heavy atom.